The van der Waals surface area contributed by atoms with E-state index in [1.54, 1.807) is 0 Å². The second-order valence-corrected chi connectivity index (χ2v) is 8.77. The first-order valence-corrected chi connectivity index (χ1v) is 11.5. The lowest BCUT2D eigenvalue weighted by Crippen LogP contribution is -2.37. The summed E-state index contributed by atoms with van der Waals surface area (Å²) in [4.78, 5) is 0. The van der Waals surface area contributed by atoms with Crippen LogP contribution in [-0.2, 0) is 0 Å². The van der Waals surface area contributed by atoms with E-state index in [9.17, 15) is 0 Å². The highest BCUT2D eigenvalue weighted by molar-refractivity contribution is 4.91. The molecule has 0 aromatic rings. The van der Waals surface area contributed by atoms with E-state index >= 15 is 0 Å². The van der Waals surface area contributed by atoms with Crippen molar-refractivity contribution in [1.82, 2.24) is 21.3 Å². The van der Waals surface area contributed by atoms with Gasteiger partial charge in [0.1, 0.15) is 0 Å². The SMILES string of the molecule is C1CC2(CCN1)CCNC2.C1CC2(CCN1)CCNC2.CCC.CCC. The third-order valence-corrected chi connectivity index (χ3v) is 5.99. The van der Waals surface area contributed by atoms with Crippen LogP contribution in [0.5, 0.6) is 0 Å². The predicted octanol–water partition coefficient (Wildman–Crippen LogP) is 3.53. The van der Waals surface area contributed by atoms with E-state index in [-0.39, 0.29) is 0 Å². The summed E-state index contributed by atoms with van der Waals surface area (Å²) in [5.41, 5.74) is 1.40. The molecule has 4 rings (SSSR count). The summed E-state index contributed by atoms with van der Waals surface area (Å²) in [6.07, 6.45) is 10.9. The minimum Gasteiger partial charge on any atom is -0.317 e. The highest BCUT2D eigenvalue weighted by Crippen LogP contribution is 2.35. The Morgan fingerprint density at radius 3 is 0.923 bits per heavy atom. The molecule has 0 aliphatic carbocycles. The minimum atomic E-state index is 0.700. The van der Waals surface area contributed by atoms with Crippen molar-refractivity contribution in [2.45, 2.75) is 79.1 Å². The summed E-state index contributed by atoms with van der Waals surface area (Å²) < 4.78 is 0. The highest BCUT2D eigenvalue weighted by Gasteiger charge is 2.35. The van der Waals surface area contributed by atoms with Crippen molar-refractivity contribution < 1.29 is 0 Å². The maximum absolute atomic E-state index is 3.46. The Morgan fingerprint density at radius 2 is 0.692 bits per heavy atom. The Balaban J connectivity index is 0.000000201. The van der Waals surface area contributed by atoms with Gasteiger partial charge in [-0.2, -0.15) is 0 Å². The number of hydrogen-bond acceptors (Lipinski definition) is 4. The van der Waals surface area contributed by atoms with E-state index in [1.807, 2.05) is 0 Å². The third kappa shape index (κ3) is 8.69. The van der Waals surface area contributed by atoms with Crippen LogP contribution >= 0.6 is 0 Å². The van der Waals surface area contributed by atoms with E-state index in [0.29, 0.717) is 10.8 Å². The van der Waals surface area contributed by atoms with Gasteiger partial charge in [0, 0.05) is 13.1 Å². The number of rotatable bonds is 0. The van der Waals surface area contributed by atoms with Gasteiger partial charge in [-0.3, -0.25) is 0 Å². The largest absolute Gasteiger partial charge is 0.317 e. The van der Waals surface area contributed by atoms with Crippen LogP contribution in [0.3, 0.4) is 0 Å². The van der Waals surface area contributed by atoms with E-state index in [1.165, 1.54) is 104 Å². The Hall–Kier alpha value is -0.160. The van der Waals surface area contributed by atoms with Crippen LogP contribution in [-0.4, -0.2) is 52.4 Å². The Bertz CT molecular complexity index is 272. The van der Waals surface area contributed by atoms with Gasteiger partial charge in [-0.15, -0.1) is 0 Å². The summed E-state index contributed by atoms with van der Waals surface area (Å²) in [6.45, 7) is 18.5. The van der Waals surface area contributed by atoms with Crippen LogP contribution in [0.1, 0.15) is 79.1 Å². The third-order valence-electron chi connectivity index (χ3n) is 5.99. The molecule has 2 spiro atoms. The van der Waals surface area contributed by atoms with Crippen LogP contribution in [0.2, 0.25) is 0 Å². The van der Waals surface area contributed by atoms with Gasteiger partial charge in [-0.1, -0.05) is 40.5 Å². The standard InChI is InChI=1S/2C8H16N2.2C3H8/c2*1-4-9-5-2-8(1)3-6-10-7-8;2*1-3-2/h2*9-10H,1-7H2;2*3H2,1-2H3. The molecule has 4 aliphatic heterocycles. The van der Waals surface area contributed by atoms with Crippen molar-refractivity contribution in [3.05, 3.63) is 0 Å². The highest BCUT2D eigenvalue weighted by atomic mass is 15.0. The molecule has 0 unspecified atom stereocenters. The average molecular weight is 369 g/mol. The van der Waals surface area contributed by atoms with Gasteiger partial charge in [0.25, 0.3) is 0 Å². The molecule has 0 bridgehead atoms. The Labute approximate surface area is 164 Å². The number of hydrogen-bond donors (Lipinski definition) is 4. The van der Waals surface area contributed by atoms with Crippen molar-refractivity contribution >= 4 is 0 Å². The summed E-state index contributed by atoms with van der Waals surface area (Å²) in [6, 6.07) is 0. The second kappa shape index (κ2) is 13.9. The van der Waals surface area contributed by atoms with E-state index in [0.717, 1.165) is 0 Å². The molecule has 0 aromatic heterocycles. The van der Waals surface area contributed by atoms with Gasteiger partial charge in [0.2, 0.25) is 0 Å². The van der Waals surface area contributed by atoms with Gasteiger partial charge in [-0.05, 0) is 88.6 Å². The van der Waals surface area contributed by atoms with Gasteiger partial charge >= 0.3 is 0 Å². The molecule has 0 saturated carbocycles. The second-order valence-electron chi connectivity index (χ2n) is 8.77. The van der Waals surface area contributed by atoms with Gasteiger partial charge < -0.3 is 21.3 Å². The first kappa shape index (κ1) is 23.9. The molecule has 26 heavy (non-hydrogen) atoms. The maximum Gasteiger partial charge on any atom is 0.000924 e. The van der Waals surface area contributed by atoms with E-state index in [4.69, 9.17) is 0 Å². The molecular formula is C22H48N4. The molecule has 4 saturated heterocycles. The van der Waals surface area contributed by atoms with Crippen LogP contribution in [0, 0.1) is 10.8 Å². The zero-order valence-electron chi connectivity index (χ0n) is 18.3. The molecule has 0 radical (unpaired) electrons. The zero-order chi connectivity index (χ0) is 19.1. The minimum absolute atomic E-state index is 0.700. The van der Waals surface area contributed by atoms with Crippen molar-refractivity contribution in [1.29, 1.82) is 0 Å². The smallest absolute Gasteiger partial charge is 0.000924 e. The van der Waals surface area contributed by atoms with Crippen molar-refractivity contribution in [3.63, 3.8) is 0 Å². The quantitative estimate of drug-likeness (QED) is 0.528. The first-order chi connectivity index (χ1) is 12.7. The summed E-state index contributed by atoms with van der Waals surface area (Å²) >= 11 is 0. The molecule has 0 amide bonds. The lowest BCUT2D eigenvalue weighted by Gasteiger charge is -2.32. The lowest BCUT2D eigenvalue weighted by molar-refractivity contribution is 0.229. The van der Waals surface area contributed by atoms with Crippen LogP contribution < -0.4 is 21.3 Å². The predicted molar refractivity (Wildman–Crippen MR) is 116 cm³/mol. The Morgan fingerprint density at radius 1 is 0.462 bits per heavy atom. The first-order valence-electron chi connectivity index (χ1n) is 11.5. The van der Waals surface area contributed by atoms with Crippen molar-refractivity contribution in [2.24, 2.45) is 10.8 Å². The number of piperidine rings is 2. The molecule has 4 nitrogen and oxygen atoms in total. The molecule has 0 aromatic carbocycles. The van der Waals surface area contributed by atoms with Crippen molar-refractivity contribution in [2.75, 3.05) is 52.4 Å². The lowest BCUT2D eigenvalue weighted by atomic mass is 9.78. The fourth-order valence-electron chi connectivity index (χ4n) is 4.36. The molecular weight excluding hydrogens is 320 g/mol. The molecule has 4 heteroatoms. The zero-order valence-corrected chi connectivity index (χ0v) is 18.3. The molecule has 0 atom stereocenters. The number of nitrogens with one attached hydrogen (secondary N) is 4. The Kier molecular flexibility index (Phi) is 12.8. The fraction of sp³-hybridized carbons (Fsp3) is 1.00. The fourth-order valence-corrected chi connectivity index (χ4v) is 4.36. The summed E-state index contributed by atoms with van der Waals surface area (Å²) in [5.74, 6) is 0. The summed E-state index contributed by atoms with van der Waals surface area (Å²) in [7, 11) is 0. The maximum atomic E-state index is 3.46. The molecule has 4 N–H and O–H groups in total. The van der Waals surface area contributed by atoms with E-state index < -0.39 is 0 Å². The normalized spacial score (nSPS) is 25.4. The van der Waals surface area contributed by atoms with Crippen LogP contribution in [0.4, 0.5) is 0 Å². The summed E-state index contributed by atoms with van der Waals surface area (Å²) in [5, 5.41) is 13.7. The van der Waals surface area contributed by atoms with Gasteiger partial charge in [0.15, 0.2) is 0 Å². The van der Waals surface area contributed by atoms with Crippen LogP contribution in [0.25, 0.3) is 0 Å². The average Bonchev–Trinajstić information content (AvgIpc) is 3.29. The topological polar surface area (TPSA) is 48.1 Å². The molecule has 4 fully saturated rings. The van der Waals surface area contributed by atoms with Gasteiger partial charge in [0.05, 0.1) is 0 Å². The molecule has 4 heterocycles. The van der Waals surface area contributed by atoms with Crippen molar-refractivity contribution in [3.8, 4) is 0 Å². The van der Waals surface area contributed by atoms with E-state index in [2.05, 4.69) is 49.0 Å². The molecule has 156 valence electrons. The molecule has 4 aliphatic rings. The van der Waals surface area contributed by atoms with Gasteiger partial charge in [-0.25, -0.2) is 0 Å². The van der Waals surface area contributed by atoms with Crippen LogP contribution in [0.15, 0.2) is 0 Å². The monoisotopic (exact) mass is 368 g/mol.